The molecule has 1 aromatic carbocycles. The normalized spacial score (nSPS) is 14.5. The summed E-state index contributed by atoms with van der Waals surface area (Å²) in [7, 11) is 0. The Labute approximate surface area is 119 Å². The molecule has 1 heterocycles. The van der Waals surface area contributed by atoms with E-state index in [2.05, 4.69) is 21.2 Å². The minimum atomic E-state index is -0.495. The molecule has 1 N–H and O–H groups in total. The Morgan fingerprint density at radius 2 is 1.95 bits per heavy atom. The van der Waals surface area contributed by atoms with E-state index >= 15 is 0 Å². The molecule has 2 rings (SSSR count). The highest BCUT2D eigenvalue weighted by atomic mass is 79.9. The predicted octanol–water partition coefficient (Wildman–Crippen LogP) is 1.94. The number of amides is 2. The van der Waals surface area contributed by atoms with E-state index in [0.29, 0.717) is 4.47 Å². The Hall–Kier alpha value is -1.43. The van der Waals surface area contributed by atoms with Gasteiger partial charge in [-0.2, -0.15) is 0 Å². The molecule has 102 valence electrons. The molecule has 1 aliphatic heterocycles. The van der Waals surface area contributed by atoms with Crippen LogP contribution >= 0.6 is 15.9 Å². The van der Waals surface area contributed by atoms with Crippen LogP contribution in [0.15, 0.2) is 22.7 Å². The molecule has 4 nitrogen and oxygen atoms in total. The molecule has 1 aliphatic rings. The summed E-state index contributed by atoms with van der Waals surface area (Å²) >= 11 is 3.12. The predicted molar refractivity (Wildman–Crippen MR) is 72.2 cm³/mol. The van der Waals surface area contributed by atoms with Crippen LogP contribution in [0.5, 0.6) is 0 Å². The number of carbonyl (C=O) groups excluding carboxylic acids is 2. The first kappa shape index (κ1) is 14.0. The lowest BCUT2D eigenvalue weighted by Gasteiger charge is -2.15. The first-order valence-electron chi connectivity index (χ1n) is 6.08. The molecule has 1 saturated heterocycles. The quantitative estimate of drug-likeness (QED) is 0.921. The molecule has 6 heteroatoms. The van der Waals surface area contributed by atoms with E-state index in [4.69, 9.17) is 0 Å². The topological polar surface area (TPSA) is 49.4 Å². The molecular weight excluding hydrogens is 315 g/mol. The van der Waals surface area contributed by atoms with Crippen LogP contribution < -0.4 is 5.32 Å². The number of rotatable bonds is 3. The van der Waals surface area contributed by atoms with Crippen LogP contribution in [0, 0.1) is 5.82 Å². The maximum Gasteiger partial charge on any atom is 0.251 e. The zero-order valence-electron chi connectivity index (χ0n) is 10.3. The Kier molecular flexibility index (Phi) is 4.52. The summed E-state index contributed by atoms with van der Waals surface area (Å²) in [6.45, 7) is 1.45. The number of likely N-dealkylation sites (tertiary alicyclic amines) is 1. The van der Waals surface area contributed by atoms with Crippen LogP contribution in [0.3, 0.4) is 0 Å². The smallest absolute Gasteiger partial charge is 0.251 e. The Morgan fingerprint density at radius 1 is 1.26 bits per heavy atom. The molecule has 2 amide bonds. The molecular formula is C13H14BrFN2O2. The lowest BCUT2D eigenvalue weighted by molar-refractivity contribution is -0.129. The summed E-state index contributed by atoms with van der Waals surface area (Å²) in [5.41, 5.74) is 0.195. The standard InChI is InChI=1S/C13H14BrFN2O2/c14-10-5-9(6-11(15)7-10)13(19)16-8-12(18)17-3-1-2-4-17/h5-7H,1-4,8H2,(H,16,19). The van der Waals surface area contributed by atoms with Crippen molar-refractivity contribution < 1.29 is 14.0 Å². The van der Waals surface area contributed by atoms with E-state index in [1.807, 2.05) is 0 Å². The van der Waals surface area contributed by atoms with Gasteiger partial charge in [-0.15, -0.1) is 0 Å². The Balaban J connectivity index is 1.91. The zero-order chi connectivity index (χ0) is 13.8. The SMILES string of the molecule is O=C(NCC(=O)N1CCCC1)c1cc(F)cc(Br)c1. The second-order valence-corrected chi connectivity index (χ2v) is 5.34. The van der Waals surface area contributed by atoms with Crippen molar-refractivity contribution >= 4 is 27.7 Å². The Morgan fingerprint density at radius 3 is 2.58 bits per heavy atom. The molecule has 1 aromatic rings. The van der Waals surface area contributed by atoms with Gasteiger partial charge < -0.3 is 10.2 Å². The van der Waals surface area contributed by atoms with Crippen LogP contribution in [-0.2, 0) is 4.79 Å². The van der Waals surface area contributed by atoms with Crippen molar-refractivity contribution in [2.75, 3.05) is 19.6 Å². The fourth-order valence-electron chi connectivity index (χ4n) is 2.02. The van der Waals surface area contributed by atoms with E-state index in [-0.39, 0.29) is 18.0 Å². The second kappa shape index (κ2) is 6.14. The average molecular weight is 329 g/mol. The lowest BCUT2D eigenvalue weighted by atomic mass is 10.2. The van der Waals surface area contributed by atoms with Crippen molar-refractivity contribution in [1.82, 2.24) is 10.2 Å². The lowest BCUT2D eigenvalue weighted by Crippen LogP contribution is -2.38. The van der Waals surface area contributed by atoms with Crippen molar-refractivity contribution in [2.45, 2.75) is 12.8 Å². The summed E-state index contributed by atoms with van der Waals surface area (Å²) in [5.74, 6) is -1.04. The molecule has 0 unspecified atom stereocenters. The van der Waals surface area contributed by atoms with Gasteiger partial charge in [-0.1, -0.05) is 15.9 Å². The van der Waals surface area contributed by atoms with E-state index in [0.717, 1.165) is 32.0 Å². The van der Waals surface area contributed by atoms with Crippen molar-refractivity contribution in [2.24, 2.45) is 0 Å². The maximum atomic E-state index is 13.1. The van der Waals surface area contributed by atoms with Gasteiger partial charge in [0, 0.05) is 23.1 Å². The molecule has 0 aromatic heterocycles. The van der Waals surface area contributed by atoms with Crippen molar-refractivity contribution in [1.29, 1.82) is 0 Å². The first-order chi connectivity index (χ1) is 9.06. The average Bonchev–Trinajstić information content (AvgIpc) is 2.88. The summed E-state index contributed by atoms with van der Waals surface area (Å²) in [6, 6.07) is 3.92. The highest BCUT2D eigenvalue weighted by Gasteiger charge is 2.18. The summed E-state index contributed by atoms with van der Waals surface area (Å²) in [6.07, 6.45) is 2.02. The summed E-state index contributed by atoms with van der Waals surface area (Å²) in [4.78, 5) is 25.3. The van der Waals surface area contributed by atoms with Gasteiger partial charge in [0.05, 0.1) is 6.54 Å². The van der Waals surface area contributed by atoms with Gasteiger partial charge in [-0.3, -0.25) is 9.59 Å². The molecule has 0 spiro atoms. The monoisotopic (exact) mass is 328 g/mol. The highest BCUT2D eigenvalue weighted by Crippen LogP contribution is 2.14. The molecule has 0 saturated carbocycles. The first-order valence-corrected chi connectivity index (χ1v) is 6.87. The van der Waals surface area contributed by atoms with E-state index in [9.17, 15) is 14.0 Å². The van der Waals surface area contributed by atoms with Crippen molar-refractivity contribution in [3.63, 3.8) is 0 Å². The fraction of sp³-hybridized carbons (Fsp3) is 0.385. The third-order valence-corrected chi connectivity index (χ3v) is 3.44. The van der Waals surface area contributed by atoms with Crippen LogP contribution in [0.2, 0.25) is 0 Å². The minimum Gasteiger partial charge on any atom is -0.343 e. The van der Waals surface area contributed by atoms with Crippen LogP contribution in [-0.4, -0.2) is 36.3 Å². The zero-order valence-corrected chi connectivity index (χ0v) is 11.9. The fourth-order valence-corrected chi connectivity index (χ4v) is 2.49. The highest BCUT2D eigenvalue weighted by molar-refractivity contribution is 9.10. The van der Waals surface area contributed by atoms with Gasteiger partial charge in [0.1, 0.15) is 5.82 Å². The van der Waals surface area contributed by atoms with Gasteiger partial charge >= 0.3 is 0 Å². The molecule has 19 heavy (non-hydrogen) atoms. The van der Waals surface area contributed by atoms with Crippen LogP contribution in [0.1, 0.15) is 23.2 Å². The number of halogens is 2. The molecule has 0 atom stereocenters. The number of nitrogens with one attached hydrogen (secondary N) is 1. The van der Waals surface area contributed by atoms with Crippen LogP contribution in [0.4, 0.5) is 4.39 Å². The van der Waals surface area contributed by atoms with Gasteiger partial charge in [0.2, 0.25) is 5.91 Å². The molecule has 0 bridgehead atoms. The van der Waals surface area contributed by atoms with Crippen molar-refractivity contribution in [3.8, 4) is 0 Å². The van der Waals surface area contributed by atoms with Gasteiger partial charge in [0.15, 0.2) is 0 Å². The molecule has 0 radical (unpaired) electrons. The largest absolute Gasteiger partial charge is 0.343 e. The summed E-state index contributed by atoms with van der Waals surface area (Å²) < 4.78 is 13.6. The third-order valence-electron chi connectivity index (χ3n) is 2.98. The van der Waals surface area contributed by atoms with Crippen LogP contribution in [0.25, 0.3) is 0 Å². The van der Waals surface area contributed by atoms with Crippen molar-refractivity contribution in [3.05, 3.63) is 34.1 Å². The summed E-state index contributed by atoms with van der Waals surface area (Å²) in [5, 5.41) is 2.51. The van der Waals surface area contributed by atoms with E-state index < -0.39 is 11.7 Å². The maximum absolute atomic E-state index is 13.1. The van der Waals surface area contributed by atoms with Gasteiger partial charge in [-0.05, 0) is 31.0 Å². The number of benzene rings is 1. The molecule has 0 aliphatic carbocycles. The number of nitrogens with zero attached hydrogens (tertiary/aromatic N) is 1. The number of hydrogen-bond acceptors (Lipinski definition) is 2. The third kappa shape index (κ3) is 3.76. The number of carbonyl (C=O) groups is 2. The van der Waals surface area contributed by atoms with Gasteiger partial charge in [-0.25, -0.2) is 4.39 Å². The van der Waals surface area contributed by atoms with E-state index in [1.165, 1.54) is 12.1 Å². The number of hydrogen-bond donors (Lipinski definition) is 1. The molecule has 1 fully saturated rings. The second-order valence-electron chi connectivity index (χ2n) is 4.43. The van der Waals surface area contributed by atoms with Gasteiger partial charge in [0.25, 0.3) is 5.91 Å². The minimum absolute atomic E-state index is 0.0486. The van der Waals surface area contributed by atoms with E-state index in [1.54, 1.807) is 4.90 Å². The Bertz CT molecular complexity index is 481.